The summed E-state index contributed by atoms with van der Waals surface area (Å²) in [6.45, 7) is 3.67. The molecule has 0 aliphatic rings. The molecule has 0 aromatic rings. The van der Waals surface area contributed by atoms with E-state index in [0.29, 0.717) is 6.42 Å². The lowest BCUT2D eigenvalue weighted by Gasteiger charge is -2.19. The Balaban J connectivity index is 3.85. The Morgan fingerprint density at radius 2 is 0.671 bits per heavy atom. The van der Waals surface area contributed by atoms with Crippen LogP contribution in [0.4, 0.5) is 0 Å². The van der Waals surface area contributed by atoms with Crippen LogP contribution in [0.5, 0.6) is 0 Å². The Hall–Kier alpha value is -2.55. The number of esters is 2. The van der Waals surface area contributed by atoms with Crippen molar-refractivity contribution in [2.45, 2.75) is 347 Å². The number of hydrogen-bond donors (Lipinski definition) is 2. The molecule has 0 rings (SSSR count). The zero-order valence-electron chi connectivity index (χ0n) is 53.7. The van der Waals surface area contributed by atoms with E-state index in [4.69, 9.17) is 24.3 Å². The minimum atomic E-state index is -4.40. The number of rotatable bonds is 66. The predicted molar refractivity (Wildman–Crippen MR) is 353 cm³/mol. The number of hydrogen-bond acceptors (Lipinski definition) is 8. The van der Waals surface area contributed by atoms with Crippen LogP contribution >= 0.6 is 7.82 Å². The largest absolute Gasteiger partial charge is 0.472 e. The van der Waals surface area contributed by atoms with Crippen molar-refractivity contribution >= 4 is 19.8 Å². The summed E-state index contributed by atoms with van der Waals surface area (Å²) in [5, 5.41) is 0. The van der Waals surface area contributed by atoms with E-state index in [-0.39, 0.29) is 38.6 Å². The van der Waals surface area contributed by atoms with Crippen LogP contribution in [0.1, 0.15) is 341 Å². The molecular formula is C72H132NO8P. The minimum absolute atomic E-state index is 0.0504. The maximum absolute atomic E-state index is 12.8. The van der Waals surface area contributed by atoms with Crippen LogP contribution in [0.15, 0.2) is 72.9 Å². The number of carbonyl (C=O) groups is 2. The van der Waals surface area contributed by atoms with Crippen molar-refractivity contribution in [1.29, 1.82) is 0 Å². The van der Waals surface area contributed by atoms with Gasteiger partial charge < -0.3 is 20.1 Å². The zero-order valence-corrected chi connectivity index (χ0v) is 54.6. The SMILES string of the molecule is CC/C=C\C/C=C\C/C=C\C/C=C\C/C=C\C/C=C\CCCCCCCCCCC(=O)OC(COC(=O)CCCCCCCCCCCCCCCCCCCCCCCCCCCCCCCCCCCC)COP(=O)(O)OCCN. The fraction of sp³-hybridized carbons (Fsp3) is 0.806. The van der Waals surface area contributed by atoms with Gasteiger partial charge in [0.15, 0.2) is 6.10 Å². The van der Waals surface area contributed by atoms with E-state index in [9.17, 15) is 19.0 Å². The first-order valence-electron chi connectivity index (χ1n) is 34.9. The monoisotopic (exact) mass is 1170 g/mol. The second-order valence-corrected chi connectivity index (χ2v) is 24.8. The Kier molecular flexibility index (Phi) is 65.5. The molecule has 9 nitrogen and oxygen atoms in total. The third-order valence-electron chi connectivity index (χ3n) is 15.4. The summed E-state index contributed by atoms with van der Waals surface area (Å²) in [7, 11) is -4.40. The Bertz CT molecular complexity index is 1570. The van der Waals surface area contributed by atoms with Crippen molar-refractivity contribution in [3.63, 3.8) is 0 Å². The van der Waals surface area contributed by atoms with Crippen LogP contribution in [0.3, 0.4) is 0 Å². The second-order valence-electron chi connectivity index (χ2n) is 23.4. The second kappa shape index (κ2) is 67.6. The van der Waals surface area contributed by atoms with E-state index >= 15 is 0 Å². The number of unbranched alkanes of at least 4 members (excludes halogenated alkanes) is 41. The number of phosphoric ester groups is 1. The maximum Gasteiger partial charge on any atom is 0.472 e. The molecule has 2 unspecified atom stereocenters. The first kappa shape index (κ1) is 79.5. The number of nitrogens with two attached hydrogens (primary N) is 1. The fourth-order valence-electron chi connectivity index (χ4n) is 10.2. The van der Waals surface area contributed by atoms with Gasteiger partial charge in [-0.25, -0.2) is 4.57 Å². The highest BCUT2D eigenvalue weighted by molar-refractivity contribution is 7.47. The van der Waals surface area contributed by atoms with E-state index in [0.717, 1.165) is 83.5 Å². The van der Waals surface area contributed by atoms with Crippen LogP contribution in [-0.4, -0.2) is 49.3 Å². The van der Waals surface area contributed by atoms with E-state index in [1.54, 1.807) is 0 Å². The molecule has 0 radical (unpaired) electrons. The van der Waals surface area contributed by atoms with Crippen molar-refractivity contribution in [2.24, 2.45) is 5.73 Å². The first-order valence-corrected chi connectivity index (χ1v) is 36.4. The summed E-state index contributed by atoms with van der Waals surface area (Å²) >= 11 is 0. The lowest BCUT2D eigenvalue weighted by molar-refractivity contribution is -0.161. The topological polar surface area (TPSA) is 134 Å². The number of ether oxygens (including phenoxy) is 2. The lowest BCUT2D eigenvalue weighted by Crippen LogP contribution is -2.29. The molecule has 3 N–H and O–H groups in total. The molecule has 0 aliphatic heterocycles. The normalized spacial score (nSPS) is 13.4. The molecule has 0 aliphatic carbocycles. The van der Waals surface area contributed by atoms with Crippen LogP contribution in [0, 0.1) is 0 Å². The van der Waals surface area contributed by atoms with Gasteiger partial charge in [-0.1, -0.05) is 337 Å². The molecule has 478 valence electrons. The van der Waals surface area contributed by atoms with Crippen molar-refractivity contribution in [2.75, 3.05) is 26.4 Å². The molecular weight excluding hydrogens is 1040 g/mol. The molecule has 0 saturated carbocycles. The van der Waals surface area contributed by atoms with Crippen molar-refractivity contribution in [3.05, 3.63) is 72.9 Å². The molecule has 0 bridgehead atoms. The number of carbonyl (C=O) groups excluding carboxylic acids is 2. The molecule has 10 heteroatoms. The summed E-state index contributed by atoms with van der Waals surface area (Å²) in [4.78, 5) is 35.3. The van der Waals surface area contributed by atoms with Gasteiger partial charge in [-0.2, -0.15) is 0 Å². The zero-order chi connectivity index (χ0) is 59.4. The molecule has 0 amide bonds. The van der Waals surface area contributed by atoms with Crippen LogP contribution in [-0.2, 0) is 32.7 Å². The summed E-state index contributed by atoms with van der Waals surface area (Å²) in [6.07, 6.45) is 88.6. The first-order chi connectivity index (χ1) is 40.3. The van der Waals surface area contributed by atoms with Crippen molar-refractivity contribution in [1.82, 2.24) is 0 Å². The Morgan fingerprint density at radius 3 is 1.00 bits per heavy atom. The summed E-state index contributed by atoms with van der Waals surface area (Å²) in [5.74, 6) is -0.826. The third-order valence-corrected chi connectivity index (χ3v) is 16.3. The molecule has 0 heterocycles. The molecule has 0 spiro atoms. The maximum atomic E-state index is 12.8. The lowest BCUT2D eigenvalue weighted by atomic mass is 10.0. The van der Waals surface area contributed by atoms with E-state index < -0.39 is 26.5 Å². The van der Waals surface area contributed by atoms with Crippen LogP contribution in [0.25, 0.3) is 0 Å². The predicted octanol–water partition coefficient (Wildman–Crippen LogP) is 22.8. The standard InChI is InChI=1S/C72H132NO8P/c1-3-5-7-9-11-13-15-17-19-21-23-25-27-29-31-32-33-34-35-36-37-39-40-42-44-46-48-50-52-54-56-58-60-62-64-71(74)78-68-70(69-80-82(76,77)79-67-66-73)81-72(75)65-63-61-59-57-55-53-51-49-47-45-43-41-38-30-28-26-24-22-20-18-16-14-12-10-8-6-4-2/h6,8,12,14,18,20,24,26,30,38,43,45,70H,3-5,7,9-11,13,15-17,19,21-23,25,27-29,31-37,39-42,44,46-69,73H2,1-2H3,(H,76,77)/b8-6-,14-12-,20-18-,26-24-,38-30-,45-43-. The highest BCUT2D eigenvalue weighted by atomic mass is 31.2. The van der Waals surface area contributed by atoms with Gasteiger partial charge in [0.2, 0.25) is 0 Å². The average molecular weight is 1170 g/mol. The van der Waals surface area contributed by atoms with E-state index in [2.05, 4.69) is 86.8 Å². The van der Waals surface area contributed by atoms with Crippen molar-refractivity contribution < 1.29 is 37.6 Å². The molecule has 82 heavy (non-hydrogen) atoms. The van der Waals surface area contributed by atoms with Gasteiger partial charge in [0.05, 0.1) is 13.2 Å². The van der Waals surface area contributed by atoms with Gasteiger partial charge in [-0.3, -0.25) is 18.6 Å². The summed E-state index contributed by atoms with van der Waals surface area (Å²) in [6, 6.07) is 0. The third kappa shape index (κ3) is 66.6. The van der Waals surface area contributed by atoms with E-state index in [1.165, 1.54) is 225 Å². The summed E-state index contributed by atoms with van der Waals surface area (Å²) < 4.78 is 33.2. The van der Waals surface area contributed by atoms with Gasteiger partial charge in [0.1, 0.15) is 6.61 Å². The van der Waals surface area contributed by atoms with Gasteiger partial charge in [-0.05, 0) is 64.2 Å². The number of allylic oxidation sites excluding steroid dienone is 12. The smallest absolute Gasteiger partial charge is 0.462 e. The Morgan fingerprint density at radius 1 is 0.378 bits per heavy atom. The van der Waals surface area contributed by atoms with Crippen LogP contribution < -0.4 is 5.73 Å². The fourth-order valence-corrected chi connectivity index (χ4v) is 11.0. The van der Waals surface area contributed by atoms with Gasteiger partial charge in [-0.15, -0.1) is 0 Å². The van der Waals surface area contributed by atoms with Crippen LogP contribution in [0.2, 0.25) is 0 Å². The van der Waals surface area contributed by atoms with Gasteiger partial charge >= 0.3 is 19.8 Å². The summed E-state index contributed by atoms with van der Waals surface area (Å²) in [5.41, 5.74) is 5.40. The molecule has 0 aromatic carbocycles. The molecule has 2 atom stereocenters. The average Bonchev–Trinajstić information content (AvgIpc) is 3.49. The molecule has 0 saturated heterocycles. The quantitative estimate of drug-likeness (QED) is 0.0264. The molecule has 0 fully saturated rings. The number of phosphoric acid groups is 1. The van der Waals surface area contributed by atoms with E-state index in [1.807, 2.05) is 0 Å². The molecule has 0 aromatic heterocycles. The van der Waals surface area contributed by atoms with Gasteiger partial charge in [0.25, 0.3) is 0 Å². The highest BCUT2D eigenvalue weighted by Gasteiger charge is 2.26. The van der Waals surface area contributed by atoms with Crippen molar-refractivity contribution in [3.8, 4) is 0 Å². The van der Waals surface area contributed by atoms with Gasteiger partial charge in [0, 0.05) is 19.4 Å². The Labute approximate surface area is 507 Å². The highest BCUT2D eigenvalue weighted by Crippen LogP contribution is 2.43. The minimum Gasteiger partial charge on any atom is -0.462 e.